The van der Waals surface area contributed by atoms with Crippen molar-refractivity contribution in [3.63, 3.8) is 0 Å². The molecule has 3 fully saturated rings. The third-order valence-electron chi connectivity index (χ3n) is 5.22. The van der Waals surface area contributed by atoms with Crippen LogP contribution < -0.4 is 5.32 Å². The summed E-state index contributed by atoms with van der Waals surface area (Å²) < 4.78 is 0. The average molecular weight is 311 g/mol. The number of carbonyl (C=O) groups excluding carboxylic acids is 1. The first kappa shape index (κ1) is 15.7. The fraction of sp³-hybridized carbons (Fsp3) is 0.941. The normalized spacial score (nSPS) is 25.0. The lowest BCUT2D eigenvalue weighted by Crippen LogP contribution is -2.39. The molecule has 0 aromatic rings. The van der Waals surface area contributed by atoms with E-state index in [4.69, 9.17) is 0 Å². The third kappa shape index (κ3) is 4.88. The van der Waals surface area contributed by atoms with Crippen molar-refractivity contribution in [2.45, 2.75) is 69.1 Å². The first-order valence-corrected chi connectivity index (χ1v) is 9.99. The molecule has 3 aliphatic rings. The summed E-state index contributed by atoms with van der Waals surface area (Å²) in [7, 11) is 0. The van der Waals surface area contributed by atoms with Crippen molar-refractivity contribution in [1.29, 1.82) is 0 Å². The Morgan fingerprint density at radius 1 is 1.00 bits per heavy atom. The second kappa shape index (κ2) is 7.87. The summed E-state index contributed by atoms with van der Waals surface area (Å²) in [4.78, 5) is 14.9. The molecule has 3 nitrogen and oxygen atoms in total. The SMILES string of the molecule is O=C(CSC1CCNCC1)N(CC1CCCCC1)C1CC1. The van der Waals surface area contributed by atoms with Crippen LogP contribution in [0.2, 0.25) is 0 Å². The largest absolute Gasteiger partial charge is 0.339 e. The molecule has 1 N–H and O–H groups in total. The molecule has 3 rings (SSSR count). The van der Waals surface area contributed by atoms with Crippen LogP contribution in [0.3, 0.4) is 0 Å². The van der Waals surface area contributed by atoms with Crippen LogP contribution in [0.5, 0.6) is 0 Å². The van der Waals surface area contributed by atoms with Crippen molar-refractivity contribution >= 4 is 17.7 Å². The Kier molecular flexibility index (Phi) is 5.87. The van der Waals surface area contributed by atoms with Gasteiger partial charge in [0.15, 0.2) is 0 Å². The second-order valence-electron chi connectivity index (χ2n) is 7.04. The lowest BCUT2D eigenvalue weighted by Gasteiger charge is -2.30. The molecule has 1 amide bonds. The maximum atomic E-state index is 12.6. The number of amides is 1. The number of piperidine rings is 1. The summed E-state index contributed by atoms with van der Waals surface area (Å²) in [6.45, 7) is 3.30. The van der Waals surface area contributed by atoms with E-state index in [1.807, 2.05) is 11.8 Å². The van der Waals surface area contributed by atoms with Crippen molar-refractivity contribution in [2.75, 3.05) is 25.4 Å². The van der Waals surface area contributed by atoms with Gasteiger partial charge in [-0.15, -0.1) is 11.8 Å². The second-order valence-corrected chi connectivity index (χ2v) is 8.33. The van der Waals surface area contributed by atoms with Crippen LogP contribution in [0.25, 0.3) is 0 Å². The van der Waals surface area contributed by atoms with Gasteiger partial charge in [0, 0.05) is 17.8 Å². The molecular formula is C17H30N2OS. The van der Waals surface area contributed by atoms with Gasteiger partial charge in [-0.3, -0.25) is 4.79 Å². The lowest BCUT2D eigenvalue weighted by atomic mass is 9.89. The number of thioether (sulfide) groups is 1. The highest BCUT2D eigenvalue weighted by Crippen LogP contribution is 2.32. The predicted molar refractivity (Wildman–Crippen MR) is 89.7 cm³/mol. The molecule has 2 aliphatic carbocycles. The standard InChI is InChI=1S/C17H30N2OS/c20-17(13-21-16-8-10-18-11-9-16)19(15-6-7-15)12-14-4-2-1-3-5-14/h14-16,18H,1-13H2. The number of nitrogens with zero attached hydrogens (tertiary/aromatic N) is 1. The number of hydrogen-bond acceptors (Lipinski definition) is 3. The molecule has 120 valence electrons. The minimum Gasteiger partial charge on any atom is -0.339 e. The van der Waals surface area contributed by atoms with Gasteiger partial charge in [0.2, 0.25) is 5.91 Å². The van der Waals surface area contributed by atoms with E-state index in [1.165, 1.54) is 57.8 Å². The minimum absolute atomic E-state index is 0.423. The van der Waals surface area contributed by atoms with Crippen LogP contribution >= 0.6 is 11.8 Å². The lowest BCUT2D eigenvalue weighted by molar-refractivity contribution is -0.129. The molecule has 2 saturated carbocycles. The molecule has 0 radical (unpaired) electrons. The van der Waals surface area contributed by atoms with E-state index < -0.39 is 0 Å². The Morgan fingerprint density at radius 3 is 2.38 bits per heavy atom. The van der Waals surface area contributed by atoms with Crippen LogP contribution in [0.15, 0.2) is 0 Å². The molecule has 21 heavy (non-hydrogen) atoms. The molecule has 1 saturated heterocycles. The zero-order valence-corrected chi connectivity index (χ0v) is 14.0. The summed E-state index contributed by atoms with van der Waals surface area (Å²) >= 11 is 1.91. The van der Waals surface area contributed by atoms with E-state index in [-0.39, 0.29) is 0 Å². The zero-order chi connectivity index (χ0) is 14.5. The fourth-order valence-corrected chi connectivity index (χ4v) is 4.84. The van der Waals surface area contributed by atoms with Crippen molar-refractivity contribution < 1.29 is 4.79 Å². The minimum atomic E-state index is 0.423. The number of rotatable bonds is 6. The highest BCUT2D eigenvalue weighted by molar-refractivity contribution is 8.00. The van der Waals surface area contributed by atoms with Crippen molar-refractivity contribution in [3.8, 4) is 0 Å². The Bertz CT molecular complexity index is 334. The maximum absolute atomic E-state index is 12.6. The highest BCUT2D eigenvalue weighted by atomic mass is 32.2. The van der Waals surface area contributed by atoms with Crippen LogP contribution in [0, 0.1) is 5.92 Å². The van der Waals surface area contributed by atoms with Crippen LogP contribution in [-0.2, 0) is 4.79 Å². The maximum Gasteiger partial charge on any atom is 0.232 e. The average Bonchev–Trinajstić information content (AvgIpc) is 3.37. The zero-order valence-electron chi connectivity index (χ0n) is 13.2. The van der Waals surface area contributed by atoms with Gasteiger partial charge in [0.05, 0.1) is 5.75 Å². The fourth-order valence-electron chi connectivity index (χ4n) is 3.72. The predicted octanol–water partition coefficient (Wildman–Crippen LogP) is 3.04. The number of hydrogen-bond donors (Lipinski definition) is 1. The Labute approximate surface area is 133 Å². The number of carbonyl (C=O) groups is 1. The Hall–Kier alpha value is -0.220. The smallest absolute Gasteiger partial charge is 0.232 e. The molecule has 0 aromatic carbocycles. The molecule has 0 spiro atoms. The van der Waals surface area contributed by atoms with Crippen LogP contribution in [0.1, 0.15) is 57.8 Å². The van der Waals surface area contributed by atoms with Crippen molar-refractivity contribution in [3.05, 3.63) is 0 Å². The van der Waals surface area contributed by atoms with Gasteiger partial charge < -0.3 is 10.2 Å². The summed E-state index contributed by atoms with van der Waals surface area (Å²) in [5, 5.41) is 4.10. The van der Waals surface area contributed by atoms with Crippen LogP contribution in [-0.4, -0.2) is 47.5 Å². The van der Waals surface area contributed by atoms with Crippen molar-refractivity contribution in [2.24, 2.45) is 5.92 Å². The van der Waals surface area contributed by atoms with Gasteiger partial charge >= 0.3 is 0 Å². The van der Waals surface area contributed by atoms with Gasteiger partial charge in [-0.2, -0.15) is 0 Å². The third-order valence-corrected chi connectivity index (χ3v) is 6.57. The van der Waals surface area contributed by atoms with E-state index in [1.54, 1.807) is 0 Å². The van der Waals surface area contributed by atoms with Crippen molar-refractivity contribution in [1.82, 2.24) is 10.2 Å². The highest BCUT2D eigenvalue weighted by Gasteiger charge is 2.34. The molecular weight excluding hydrogens is 280 g/mol. The van der Waals surface area contributed by atoms with E-state index in [0.29, 0.717) is 23.0 Å². The van der Waals surface area contributed by atoms with E-state index in [9.17, 15) is 4.79 Å². The van der Waals surface area contributed by atoms with Gasteiger partial charge in [-0.05, 0) is 57.5 Å². The molecule has 0 atom stereocenters. The quantitative estimate of drug-likeness (QED) is 0.818. The van der Waals surface area contributed by atoms with E-state index in [0.717, 1.165) is 25.6 Å². The summed E-state index contributed by atoms with van der Waals surface area (Å²) in [6.07, 6.45) is 11.8. The van der Waals surface area contributed by atoms with Crippen LogP contribution in [0.4, 0.5) is 0 Å². The first-order valence-electron chi connectivity index (χ1n) is 8.94. The topological polar surface area (TPSA) is 32.3 Å². The summed E-state index contributed by atoms with van der Waals surface area (Å²) in [5.41, 5.74) is 0. The molecule has 4 heteroatoms. The molecule has 0 unspecified atom stereocenters. The van der Waals surface area contributed by atoms with E-state index in [2.05, 4.69) is 10.2 Å². The van der Waals surface area contributed by atoms with Gasteiger partial charge in [0.1, 0.15) is 0 Å². The Balaban J connectivity index is 1.44. The summed E-state index contributed by atoms with van der Waals surface area (Å²) in [5.74, 6) is 1.92. The van der Waals surface area contributed by atoms with E-state index >= 15 is 0 Å². The first-order chi connectivity index (χ1) is 10.3. The van der Waals surface area contributed by atoms with Gasteiger partial charge in [-0.1, -0.05) is 19.3 Å². The molecule has 1 aliphatic heterocycles. The van der Waals surface area contributed by atoms with Gasteiger partial charge in [-0.25, -0.2) is 0 Å². The molecule has 0 bridgehead atoms. The number of nitrogens with one attached hydrogen (secondary N) is 1. The Morgan fingerprint density at radius 2 is 1.71 bits per heavy atom. The summed E-state index contributed by atoms with van der Waals surface area (Å²) in [6, 6.07) is 0.591. The monoisotopic (exact) mass is 310 g/mol. The molecule has 0 aromatic heterocycles. The molecule has 1 heterocycles. The van der Waals surface area contributed by atoms with Gasteiger partial charge in [0.25, 0.3) is 0 Å².